The van der Waals surface area contributed by atoms with Crippen LogP contribution in [-0.4, -0.2) is 69.6 Å². The second-order valence-electron chi connectivity index (χ2n) is 12.7. The number of piperidine rings is 2. The smallest absolute Gasteiger partial charge is 0.268 e. The lowest BCUT2D eigenvalue weighted by molar-refractivity contribution is 0.248. The SMILES string of the molecule is CN1CCC(C#Cc2cc3cnc(Nc4ccc(C5CCN(C)CC5)cc4)nc3n(Cc3c(F)cccc3-c3nccs3)c2=O)CC1. The molecule has 5 heterocycles. The van der Waals surface area contributed by atoms with Crippen molar-refractivity contribution in [1.82, 2.24) is 29.3 Å². The molecule has 8 nitrogen and oxygen atoms in total. The predicted molar refractivity (Wildman–Crippen MR) is 187 cm³/mol. The number of likely N-dealkylation sites (tertiary alicyclic amines) is 2. The molecule has 0 aliphatic carbocycles. The summed E-state index contributed by atoms with van der Waals surface area (Å²) in [4.78, 5) is 32.6. The van der Waals surface area contributed by atoms with Crippen molar-refractivity contribution in [2.45, 2.75) is 38.1 Å². The molecule has 0 unspecified atom stereocenters. The van der Waals surface area contributed by atoms with E-state index in [9.17, 15) is 4.79 Å². The first-order valence-electron chi connectivity index (χ1n) is 16.2. The third-order valence-corrected chi connectivity index (χ3v) is 10.2. The lowest BCUT2D eigenvalue weighted by Crippen LogP contribution is -2.29. The molecule has 0 saturated carbocycles. The van der Waals surface area contributed by atoms with E-state index in [4.69, 9.17) is 4.98 Å². The first-order chi connectivity index (χ1) is 22.9. The van der Waals surface area contributed by atoms with Crippen LogP contribution in [0.25, 0.3) is 21.6 Å². The Bertz CT molecular complexity index is 1980. The third-order valence-electron chi connectivity index (χ3n) is 9.41. The highest BCUT2D eigenvalue weighted by Crippen LogP contribution is 2.30. The molecule has 2 aliphatic rings. The minimum atomic E-state index is -0.405. The number of hydrogen-bond acceptors (Lipinski definition) is 8. The molecule has 2 aromatic carbocycles. The average Bonchev–Trinajstić information content (AvgIpc) is 3.63. The first kappa shape index (κ1) is 31.2. The van der Waals surface area contributed by atoms with Gasteiger partial charge in [0, 0.05) is 45.9 Å². The summed E-state index contributed by atoms with van der Waals surface area (Å²) in [7, 11) is 4.29. The van der Waals surface area contributed by atoms with E-state index in [0.717, 1.165) is 57.5 Å². The summed E-state index contributed by atoms with van der Waals surface area (Å²) in [5.74, 6) is 7.28. The van der Waals surface area contributed by atoms with Gasteiger partial charge in [-0.3, -0.25) is 9.36 Å². The second kappa shape index (κ2) is 13.7. The van der Waals surface area contributed by atoms with Gasteiger partial charge in [0.1, 0.15) is 16.5 Å². The summed E-state index contributed by atoms with van der Waals surface area (Å²) in [5, 5.41) is 6.52. The van der Waals surface area contributed by atoms with E-state index in [2.05, 4.69) is 75.3 Å². The standard InChI is InChI=1S/C37H38FN7OS/c1-43-17-12-25(13-18-43)6-7-28-22-29-23-40-37(41-30-10-8-26(9-11-30)27-14-19-44(2)20-15-27)42-34(29)45(36(28)46)24-32-31(4-3-5-33(32)38)35-39-16-21-47-35/h3-5,8-11,16,21-23,25,27H,12-15,17-20,24H2,1-2H3,(H,40,41,42). The van der Waals surface area contributed by atoms with Gasteiger partial charge in [0.05, 0.1) is 12.1 Å². The van der Waals surface area contributed by atoms with Crippen LogP contribution in [-0.2, 0) is 6.54 Å². The molecule has 2 fully saturated rings. The Hall–Kier alpha value is -4.43. The van der Waals surface area contributed by atoms with Crippen LogP contribution >= 0.6 is 11.3 Å². The second-order valence-corrected chi connectivity index (χ2v) is 13.6. The zero-order chi connectivity index (χ0) is 32.3. The highest BCUT2D eigenvalue weighted by atomic mass is 32.1. The molecular formula is C37H38FN7OS. The maximum absolute atomic E-state index is 15.5. The fraction of sp³-hybridized carbons (Fsp3) is 0.351. The summed E-state index contributed by atoms with van der Waals surface area (Å²) in [6, 6.07) is 15.1. The van der Waals surface area contributed by atoms with E-state index in [-0.39, 0.29) is 18.0 Å². The maximum atomic E-state index is 15.5. The minimum absolute atomic E-state index is 0.0254. The summed E-state index contributed by atoms with van der Waals surface area (Å²) in [6.45, 7) is 4.17. The van der Waals surface area contributed by atoms with E-state index in [1.807, 2.05) is 11.4 Å². The van der Waals surface area contributed by atoms with Gasteiger partial charge in [0.15, 0.2) is 0 Å². The molecule has 1 N–H and O–H groups in total. The fourth-order valence-electron chi connectivity index (χ4n) is 6.53. The van der Waals surface area contributed by atoms with Gasteiger partial charge in [-0.05, 0) is 102 Å². The number of thiazole rings is 1. The van der Waals surface area contributed by atoms with Crippen LogP contribution in [0, 0.1) is 23.6 Å². The van der Waals surface area contributed by atoms with Crippen LogP contribution < -0.4 is 10.9 Å². The van der Waals surface area contributed by atoms with Crippen LogP contribution in [0.5, 0.6) is 0 Å². The highest BCUT2D eigenvalue weighted by Gasteiger charge is 2.20. The van der Waals surface area contributed by atoms with E-state index >= 15 is 4.39 Å². The van der Waals surface area contributed by atoms with E-state index in [0.29, 0.717) is 44.6 Å². The Morgan fingerprint density at radius 2 is 1.72 bits per heavy atom. The summed E-state index contributed by atoms with van der Waals surface area (Å²) in [6.07, 6.45) is 7.65. The largest absolute Gasteiger partial charge is 0.324 e. The molecule has 2 aliphatic heterocycles. The van der Waals surface area contributed by atoms with Crippen molar-refractivity contribution < 1.29 is 4.39 Å². The van der Waals surface area contributed by atoms with Crippen molar-refractivity contribution in [1.29, 1.82) is 0 Å². The number of aromatic nitrogens is 4. The Balaban J connectivity index is 1.25. The Morgan fingerprint density at radius 1 is 0.979 bits per heavy atom. The van der Waals surface area contributed by atoms with Crippen molar-refractivity contribution in [3.8, 4) is 22.4 Å². The fourth-order valence-corrected chi connectivity index (χ4v) is 7.22. The van der Waals surface area contributed by atoms with Gasteiger partial charge in [-0.2, -0.15) is 4.98 Å². The van der Waals surface area contributed by atoms with Crippen LogP contribution in [0.15, 0.2) is 71.1 Å². The summed E-state index contributed by atoms with van der Waals surface area (Å²) < 4.78 is 17.0. The molecule has 0 amide bonds. The zero-order valence-electron chi connectivity index (χ0n) is 26.7. The number of halogens is 1. The predicted octanol–water partition coefficient (Wildman–Crippen LogP) is 6.35. The molecule has 3 aromatic heterocycles. The van der Waals surface area contributed by atoms with E-state index in [1.54, 1.807) is 24.5 Å². The number of rotatable bonds is 6. The molecule has 0 bridgehead atoms. The molecule has 47 heavy (non-hydrogen) atoms. The van der Waals surface area contributed by atoms with Crippen molar-refractivity contribution in [3.05, 3.63) is 99.2 Å². The van der Waals surface area contributed by atoms with Gasteiger partial charge < -0.3 is 15.1 Å². The van der Waals surface area contributed by atoms with Crippen molar-refractivity contribution in [3.63, 3.8) is 0 Å². The van der Waals surface area contributed by atoms with Gasteiger partial charge in [-0.15, -0.1) is 11.3 Å². The number of fused-ring (bicyclic) bond motifs is 1. The van der Waals surface area contributed by atoms with Crippen LogP contribution in [0.3, 0.4) is 0 Å². The zero-order valence-corrected chi connectivity index (χ0v) is 27.6. The Labute approximate surface area is 278 Å². The van der Waals surface area contributed by atoms with Gasteiger partial charge >= 0.3 is 0 Å². The topological polar surface area (TPSA) is 79.2 Å². The van der Waals surface area contributed by atoms with E-state index < -0.39 is 5.82 Å². The number of hydrogen-bond donors (Lipinski definition) is 1. The van der Waals surface area contributed by atoms with E-state index in [1.165, 1.54) is 27.5 Å². The Morgan fingerprint density at radius 3 is 2.45 bits per heavy atom. The molecule has 0 spiro atoms. The first-order valence-corrected chi connectivity index (χ1v) is 17.1. The van der Waals surface area contributed by atoms with Crippen molar-refractivity contribution >= 4 is 34.0 Å². The lowest BCUT2D eigenvalue weighted by Gasteiger charge is -2.29. The molecule has 7 rings (SSSR count). The molecular weight excluding hydrogens is 610 g/mol. The van der Waals surface area contributed by atoms with Crippen LogP contribution in [0.4, 0.5) is 16.0 Å². The average molecular weight is 648 g/mol. The molecule has 0 atom stereocenters. The molecule has 0 radical (unpaired) electrons. The molecule has 10 heteroatoms. The number of anilines is 2. The monoisotopic (exact) mass is 647 g/mol. The van der Waals surface area contributed by atoms with Crippen molar-refractivity contribution in [2.75, 3.05) is 45.6 Å². The minimum Gasteiger partial charge on any atom is -0.324 e. The Kier molecular flexibility index (Phi) is 9.12. The number of pyridine rings is 1. The maximum Gasteiger partial charge on any atom is 0.268 e. The molecule has 240 valence electrons. The van der Waals surface area contributed by atoms with Gasteiger partial charge in [0.25, 0.3) is 5.56 Å². The summed E-state index contributed by atoms with van der Waals surface area (Å²) >= 11 is 1.43. The highest BCUT2D eigenvalue weighted by molar-refractivity contribution is 7.13. The van der Waals surface area contributed by atoms with Crippen LogP contribution in [0.1, 0.15) is 48.3 Å². The normalized spacial score (nSPS) is 16.7. The summed E-state index contributed by atoms with van der Waals surface area (Å²) in [5.41, 5.74) is 3.69. The molecule has 2 saturated heterocycles. The quantitative estimate of drug-likeness (QED) is 0.215. The number of nitrogens with zero attached hydrogens (tertiary/aromatic N) is 6. The van der Waals surface area contributed by atoms with Gasteiger partial charge in [-0.1, -0.05) is 36.1 Å². The number of benzene rings is 2. The third kappa shape index (κ3) is 6.98. The van der Waals surface area contributed by atoms with Crippen molar-refractivity contribution in [2.24, 2.45) is 5.92 Å². The lowest BCUT2D eigenvalue weighted by atomic mass is 9.89. The van der Waals surface area contributed by atoms with Crippen LogP contribution in [0.2, 0.25) is 0 Å². The van der Waals surface area contributed by atoms with Gasteiger partial charge in [0.2, 0.25) is 5.95 Å². The number of nitrogens with one attached hydrogen (secondary N) is 1. The molecule has 5 aromatic rings. The van der Waals surface area contributed by atoms with Gasteiger partial charge in [-0.25, -0.2) is 14.4 Å².